The van der Waals surface area contributed by atoms with E-state index in [1.165, 1.54) is 6.92 Å². The summed E-state index contributed by atoms with van der Waals surface area (Å²) in [6, 6.07) is 0. The van der Waals surface area contributed by atoms with E-state index in [2.05, 4.69) is 53.8 Å². The molecule has 1 saturated heterocycles. The minimum absolute atomic E-state index is 0.0345. The van der Waals surface area contributed by atoms with Crippen LogP contribution in [0.4, 0.5) is 0 Å². The zero-order valence-electron chi connectivity index (χ0n) is 33.7. The molecule has 1 N–H and O–H groups in total. The number of ether oxygens (including phenoxy) is 5. The molecule has 0 aromatic carbocycles. The summed E-state index contributed by atoms with van der Waals surface area (Å²) >= 11 is 0. The highest BCUT2D eigenvalue weighted by molar-refractivity contribution is 6.74. The van der Waals surface area contributed by atoms with E-state index in [0.29, 0.717) is 19.4 Å². The zero-order chi connectivity index (χ0) is 38.7. The molecule has 51 heavy (non-hydrogen) atoms. The van der Waals surface area contributed by atoms with Gasteiger partial charge in [0.1, 0.15) is 30.5 Å². The van der Waals surface area contributed by atoms with Crippen molar-refractivity contribution in [2.75, 3.05) is 13.2 Å². The van der Waals surface area contributed by atoms with Crippen molar-refractivity contribution in [3.05, 3.63) is 36.0 Å². The normalized spacial score (nSPS) is 30.7. The summed E-state index contributed by atoms with van der Waals surface area (Å²) in [6.45, 7) is 26.1. The molecule has 10 nitrogen and oxygen atoms in total. The zero-order valence-corrected chi connectivity index (χ0v) is 34.7. The maximum Gasteiger partial charge on any atom is 0.332 e. The Kier molecular flexibility index (Phi) is 17.3. The lowest BCUT2D eigenvalue weighted by molar-refractivity contribution is -0.158. The number of carbonyl (C=O) groups excluding carboxylic acids is 3. The van der Waals surface area contributed by atoms with Gasteiger partial charge in [-0.2, -0.15) is 0 Å². The SMILES string of the molecule is CCOCC(=O)OC(CC)C(C)C1OC1CC(C)C=CC=C(C)C1OC(=O)CC(O[Si](C)(C)C(C)(C)C)CCC(C)(O)C(OC(C)=O)/C=C/C1C. The first kappa shape index (κ1) is 44.8. The van der Waals surface area contributed by atoms with Crippen LogP contribution >= 0.6 is 0 Å². The van der Waals surface area contributed by atoms with Crippen LogP contribution in [0, 0.1) is 17.8 Å². The quantitative estimate of drug-likeness (QED) is 0.0447. The largest absolute Gasteiger partial charge is 0.460 e. The Morgan fingerprint density at radius 3 is 2.41 bits per heavy atom. The molecule has 2 aliphatic rings. The van der Waals surface area contributed by atoms with E-state index in [4.69, 9.17) is 28.1 Å². The Labute approximate surface area is 308 Å². The van der Waals surface area contributed by atoms with Gasteiger partial charge >= 0.3 is 17.9 Å². The van der Waals surface area contributed by atoms with Crippen molar-refractivity contribution in [3.8, 4) is 0 Å². The molecule has 10 atom stereocenters. The molecule has 0 radical (unpaired) electrons. The molecular formula is C40H68O10Si. The van der Waals surface area contributed by atoms with Crippen molar-refractivity contribution in [3.63, 3.8) is 0 Å². The summed E-state index contributed by atoms with van der Waals surface area (Å²) < 4.78 is 35.3. The lowest BCUT2D eigenvalue weighted by Gasteiger charge is -2.40. The predicted molar refractivity (Wildman–Crippen MR) is 201 cm³/mol. The summed E-state index contributed by atoms with van der Waals surface area (Å²) in [5.41, 5.74) is -0.514. The van der Waals surface area contributed by atoms with Crippen LogP contribution in [-0.2, 0) is 42.5 Å². The van der Waals surface area contributed by atoms with Gasteiger partial charge in [0.25, 0.3) is 0 Å². The highest BCUT2D eigenvalue weighted by Gasteiger charge is 2.46. The van der Waals surface area contributed by atoms with Crippen LogP contribution in [0.2, 0.25) is 18.1 Å². The van der Waals surface area contributed by atoms with Crippen LogP contribution in [0.15, 0.2) is 36.0 Å². The molecule has 0 amide bonds. The molecule has 0 bridgehead atoms. The van der Waals surface area contributed by atoms with E-state index in [1.807, 2.05) is 45.9 Å². The number of cyclic esters (lactones) is 1. The number of aliphatic hydroxyl groups is 1. The number of allylic oxidation sites excluding steroid dienone is 3. The van der Waals surface area contributed by atoms with E-state index in [1.54, 1.807) is 13.0 Å². The van der Waals surface area contributed by atoms with Gasteiger partial charge in [0.05, 0.1) is 24.7 Å². The minimum Gasteiger partial charge on any atom is -0.460 e. The Balaban J connectivity index is 2.21. The Morgan fingerprint density at radius 1 is 1.16 bits per heavy atom. The fraction of sp³-hybridized carbons (Fsp3) is 0.775. The van der Waals surface area contributed by atoms with Gasteiger partial charge < -0.3 is 33.2 Å². The fourth-order valence-electron chi connectivity index (χ4n) is 6.22. The topological polar surface area (TPSA) is 130 Å². The summed E-state index contributed by atoms with van der Waals surface area (Å²) in [7, 11) is -2.26. The van der Waals surface area contributed by atoms with Gasteiger partial charge in [-0.15, -0.1) is 0 Å². The van der Waals surface area contributed by atoms with Crippen molar-refractivity contribution in [1.29, 1.82) is 0 Å². The molecular weight excluding hydrogens is 669 g/mol. The third-order valence-corrected chi connectivity index (χ3v) is 15.1. The maximum absolute atomic E-state index is 13.5. The average Bonchev–Trinajstić information content (AvgIpc) is 3.79. The van der Waals surface area contributed by atoms with Crippen LogP contribution in [0.5, 0.6) is 0 Å². The van der Waals surface area contributed by atoms with Gasteiger partial charge in [0, 0.05) is 25.4 Å². The second-order valence-electron chi connectivity index (χ2n) is 16.4. The molecule has 2 heterocycles. The lowest BCUT2D eigenvalue weighted by atomic mass is 9.88. The predicted octanol–water partition coefficient (Wildman–Crippen LogP) is 7.64. The second-order valence-corrected chi connectivity index (χ2v) is 21.1. The van der Waals surface area contributed by atoms with Crippen molar-refractivity contribution < 1.29 is 47.6 Å². The number of hydrogen-bond acceptors (Lipinski definition) is 10. The first-order valence-corrected chi connectivity index (χ1v) is 21.7. The first-order valence-electron chi connectivity index (χ1n) is 18.8. The van der Waals surface area contributed by atoms with Crippen LogP contribution in [-0.4, -0.2) is 86.8 Å². The minimum atomic E-state index is -2.26. The monoisotopic (exact) mass is 736 g/mol. The Morgan fingerprint density at radius 2 is 1.82 bits per heavy atom. The van der Waals surface area contributed by atoms with Crippen LogP contribution in [0.25, 0.3) is 0 Å². The number of epoxide rings is 1. The van der Waals surface area contributed by atoms with Gasteiger partial charge in [-0.25, -0.2) is 4.79 Å². The molecule has 2 aliphatic heterocycles. The summed E-state index contributed by atoms with van der Waals surface area (Å²) in [5, 5.41) is 11.4. The average molecular weight is 737 g/mol. The molecule has 292 valence electrons. The van der Waals surface area contributed by atoms with E-state index in [-0.39, 0.29) is 72.5 Å². The van der Waals surface area contributed by atoms with Gasteiger partial charge in [0.15, 0.2) is 8.32 Å². The third-order valence-electron chi connectivity index (χ3n) is 10.6. The third kappa shape index (κ3) is 14.6. The molecule has 0 aliphatic carbocycles. The van der Waals surface area contributed by atoms with E-state index >= 15 is 0 Å². The van der Waals surface area contributed by atoms with Gasteiger partial charge in [0.2, 0.25) is 0 Å². The van der Waals surface area contributed by atoms with Crippen LogP contribution < -0.4 is 0 Å². The molecule has 0 spiro atoms. The van der Waals surface area contributed by atoms with Crippen LogP contribution in [0.3, 0.4) is 0 Å². The van der Waals surface area contributed by atoms with E-state index in [9.17, 15) is 19.5 Å². The smallest absolute Gasteiger partial charge is 0.332 e. The number of esters is 3. The van der Waals surface area contributed by atoms with Crippen LogP contribution in [0.1, 0.15) is 108 Å². The van der Waals surface area contributed by atoms with Gasteiger partial charge in [-0.05, 0) is 82.2 Å². The standard InChI is InChI=1S/C40H68O10Si/c1-14-32(47-36(43)25-45-15-2)29(6)38-33(48-38)23-26(3)17-16-18-27(4)37-28(5)19-20-34(46-30(7)41)40(11,44)22-21-31(24-35(42)49-37)50-51(12,13)39(8,9)10/h16-20,26,28-29,31-34,37-38,44H,14-15,21-25H2,1-13H3/b17-16?,20-19+,27-18?. The maximum atomic E-state index is 13.5. The van der Waals surface area contributed by atoms with Crippen molar-refractivity contribution in [1.82, 2.24) is 0 Å². The first-order chi connectivity index (χ1) is 23.6. The van der Waals surface area contributed by atoms with Crippen molar-refractivity contribution >= 4 is 26.2 Å². The summed E-state index contributed by atoms with van der Waals surface area (Å²) in [4.78, 5) is 37.7. The highest BCUT2D eigenvalue weighted by Crippen LogP contribution is 2.39. The number of carbonyl (C=O) groups is 3. The van der Waals surface area contributed by atoms with E-state index < -0.39 is 38.2 Å². The van der Waals surface area contributed by atoms with Crippen molar-refractivity contribution in [2.45, 2.75) is 169 Å². The molecule has 0 aromatic heterocycles. The molecule has 11 heteroatoms. The molecule has 0 saturated carbocycles. The summed E-state index contributed by atoms with van der Waals surface area (Å²) in [5.74, 6) is -1.18. The Hall–Kier alpha value is -2.31. The molecule has 0 aromatic rings. The number of rotatable bonds is 15. The van der Waals surface area contributed by atoms with Gasteiger partial charge in [-0.3, -0.25) is 9.59 Å². The summed E-state index contributed by atoms with van der Waals surface area (Å²) in [6.07, 6.45) is 9.86. The van der Waals surface area contributed by atoms with Gasteiger partial charge in [-0.1, -0.05) is 72.8 Å². The molecule has 2 rings (SSSR count). The molecule has 10 unspecified atom stereocenters. The van der Waals surface area contributed by atoms with Crippen molar-refractivity contribution in [2.24, 2.45) is 17.8 Å². The molecule has 1 fully saturated rings. The Bertz CT molecular complexity index is 1230. The highest BCUT2D eigenvalue weighted by atomic mass is 28.4. The fourth-order valence-corrected chi connectivity index (χ4v) is 7.61. The second kappa shape index (κ2) is 19.7. The number of hydrogen-bond donors (Lipinski definition) is 1. The van der Waals surface area contributed by atoms with E-state index in [0.717, 1.165) is 12.0 Å². The lowest BCUT2D eigenvalue weighted by Crippen LogP contribution is -2.46.